The molecule has 14 heavy (non-hydrogen) atoms. The van der Waals surface area contributed by atoms with Gasteiger partial charge < -0.3 is 10.1 Å². The highest BCUT2D eigenvalue weighted by atomic mass is 16.5. The normalized spacial score (nSPS) is 10.4. The van der Waals surface area contributed by atoms with Gasteiger partial charge in [0.2, 0.25) is 0 Å². The number of ether oxygens (including phenoxy) is 1. The lowest BCUT2D eigenvalue weighted by Gasteiger charge is -2.06. The predicted molar refractivity (Wildman–Crippen MR) is 61.1 cm³/mol. The Balaban J connectivity index is 3.11. The van der Waals surface area contributed by atoms with E-state index >= 15 is 0 Å². The Labute approximate surface area is 88.4 Å². The van der Waals surface area contributed by atoms with E-state index in [0.717, 1.165) is 19.7 Å². The Kier molecular flexibility index (Phi) is 8.72. The van der Waals surface area contributed by atoms with Gasteiger partial charge in [0.25, 0.3) is 0 Å². The number of nitrogens with one attached hydrogen (secondary N) is 1. The second-order valence-corrected chi connectivity index (χ2v) is 4.13. The summed E-state index contributed by atoms with van der Waals surface area (Å²) in [4.78, 5) is 0. The molecule has 0 saturated heterocycles. The van der Waals surface area contributed by atoms with E-state index in [1.54, 1.807) is 0 Å². The topological polar surface area (TPSA) is 21.3 Å². The Bertz CT molecular complexity index is 176. The lowest BCUT2D eigenvalue weighted by molar-refractivity contribution is 0.168. The molecule has 2 heteroatoms. The van der Waals surface area contributed by atoms with Crippen molar-refractivity contribution in [2.24, 2.45) is 11.8 Å². The second kappa shape index (κ2) is 9.05. The molecule has 0 aliphatic carbocycles. The smallest absolute Gasteiger partial charge is 0.107 e. The van der Waals surface area contributed by atoms with Crippen molar-refractivity contribution < 1.29 is 4.74 Å². The van der Waals surface area contributed by atoms with Gasteiger partial charge in [0.1, 0.15) is 6.61 Å². The van der Waals surface area contributed by atoms with Crippen molar-refractivity contribution >= 4 is 0 Å². The molecule has 0 radical (unpaired) electrons. The summed E-state index contributed by atoms with van der Waals surface area (Å²) in [7, 11) is 0. The molecule has 0 rings (SSSR count). The van der Waals surface area contributed by atoms with Gasteiger partial charge in [0, 0.05) is 12.5 Å². The van der Waals surface area contributed by atoms with E-state index in [0.29, 0.717) is 18.4 Å². The van der Waals surface area contributed by atoms with Crippen molar-refractivity contribution in [1.82, 2.24) is 5.32 Å². The first kappa shape index (κ1) is 13.5. The van der Waals surface area contributed by atoms with Crippen LogP contribution in [0.5, 0.6) is 0 Å². The number of rotatable bonds is 6. The number of hydrogen-bond donors (Lipinski definition) is 1. The molecule has 0 spiro atoms. The Morgan fingerprint density at radius 2 is 1.93 bits per heavy atom. The van der Waals surface area contributed by atoms with Crippen molar-refractivity contribution in [3.05, 3.63) is 0 Å². The van der Waals surface area contributed by atoms with E-state index in [-0.39, 0.29) is 0 Å². The molecular formula is C12H23NO. The minimum atomic E-state index is 0.442. The van der Waals surface area contributed by atoms with Crippen LogP contribution in [0, 0.1) is 23.7 Å². The largest absolute Gasteiger partial charge is 0.367 e. The molecule has 0 unspecified atom stereocenters. The zero-order valence-corrected chi connectivity index (χ0v) is 9.89. The third kappa shape index (κ3) is 11.5. The van der Waals surface area contributed by atoms with Gasteiger partial charge in [-0.25, -0.2) is 0 Å². The fourth-order valence-electron chi connectivity index (χ4n) is 0.904. The quantitative estimate of drug-likeness (QED) is 0.519. The van der Waals surface area contributed by atoms with Crippen LogP contribution in [-0.4, -0.2) is 26.3 Å². The van der Waals surface area contributed by atoms with Gasteiger partial charge in [-0.05, 0) is 12.5 Å². The highest BCUT2D eigenvalue weighted by molar-refractivity contribution is 5.01. The first-order valence-corrected chi connectivity index (χ1v) is 5.39. The Morgan fingerprint density at radius 1 is 1.21 bits per heavy atom. The summed E-state index contributed by atoms with van der Waals surface area (Å²) in [5.74, 6) is 7.19. The summed E-state index contributed by atoms with van der Waals surface area (Å²) in [6, 6.07) is 0. The maximum absolute atomic E-state index is 5.33. The fourth-order valence-corrected chi connectivity index (χ4v) is 0.904. The van der Waals surface area contributed by atoms with Crippen LogP contribution in [0.2, 0.25) is 0 Å². The molecule has 1 N–H and O–H groups in total. The molecule has 0 aromatic rings. The van der Waals surface area contributed by atoms with Crippen LogP contribution in [0.1, 0.15) is 27.7 Å². The molecular weight excluding hydrogens is 174 g/mol. The van der Waals surface area contributed by atoms with Crippen LogP contribution < -0.4 is 5.32 Å². The molecule has 2 nitrogen and oxygen atoms in total. The summed E-state index contributed by atoms with van der Waals surface area (Å²) < 4.78 is 5.33. The second-order valence-electron chi connectivity index (χ2n) is 4.13. The maximum atomic E-state index is 5.33. The third-order valence-electron chi connectivity index (χ3n) is 1.54. The van der Waals surface area contributed by atoms with Crippen molar-refractivity contribution in [2.45, 2.75) is 27.7 Å². The van der Waals surface area contributed by atoms with Crippen molar-refractivity contribution in [3.63, 3.8) is 0 Å². The standard InChI is InChI=1S/C12H23NO/c1-11(2)6-5-8-14-9-7-13-10-12(3)4/h11-13H,7-10H2,1-4H3. The predicted octanol–water partition coefficient (Wildman–Crippen LogP) is 1.91. The van der Waals surface area contributed by atoms with Gasteiger partial charge in [0.05, 0.1) is 6.61 Å². The van der Waals surface area contributed by atoms with Crippen LogP contribution in [0.4, 0.5) is 0 Å². The van der Waals surface area contributed by atoms with Gasteiger partial charge in [-0.2, -0.15) is 0 Å². The minimum Gasteiger partial charge on any atom is -0.367 e. The lowest BCUT2D eigenvalue weighted by Crippen LogP contribution is -2.24. The first-order chi connectivity index (χ1) is 6.63. The minimum absolute atomic E-state index is 0.442. The van der Waals surface area contributed by atoms with E-state index in [1.165, 1.54) is 0 Å². The van der Waals surface area contributed by atoms with Crippen LogP contribution in [-0.2, 0) is 4.74 Å². The van der Waals surface area contributed by atoms with E-state index in [4.69, 9.17) is 4.74 Å². The number of hydrogen-bond acceptors (Lipinski definition) is 2. The van der Waals surface area contributed by atoms with Gasteiger partial charge in [-0.3, -0.25) is 0 Å². The van der Waals surface area contributed by atoms with Crippen LogP contribution in [0.15, 0.2) is 0 Å². The van der Waals surface area contributed by atoms with Gasteiger partial charge in [-0.15, -0.1) is 0 Å². The monoisotopic (exact) mass is 197 g/mol. The average molecular weight is 197 g/mol. The summed E-state index contributed by atoms with van der Waals surface area (Å²) in [5, 5.41) is 3.31. The molecule has 0 aliphatic heterocycles. The molecule has 0 amide bonds. The third-order valence-corrected chi connectivity index (χ3v) is 1.54. The van der Waals surface area contributed by atoms with Crippen molar-refractivity contribution in [1.29, 1.82) is 0 Å². The van der Waals surface area contributed by atoms with Gasteiger partial charge in [-0.1, -0.05) is 39.5 Å². The lowest BCUT2D eigenvalue weighted by atomic mass is 10.2. The highest BCUT2D eigenvalue weighted by Crippen LogP contribution is 1.86. The van der Waals surface area contributed by atoms with E-state index < -0.39 is 0 Å². The summed E-state index contributed by atoms with van der Waals surface area (Å²) in [6.45, 7) is 11.8. The fraction of sp³-hybridized carbons (Fsp3) is 0.833. The SMILES string of the molecule is CC(C)C#CCOCCNCC(C)C. The molecule has 0 fully saturated rings. The molecule has 0 bridgehead atoms. The Hall–Kier alpha value is -0.520. The van der Waals surface area contributed by atoms with E-state index in [2.05, 4.69) is 44.9 Å². The van der Waals surface area contributed by atoms with Gasteiger partial charge in [0.15, 0.2) is 0 Å². The van der Waals surface area contributed by atoms with E-state index in [9.17, 15) is 0 Å². The van der Waals surface area contributed by atoms with Crippen molar-refractivity contribution in [2.75, 3.05) is 26.3 Å². The maximum Gasteiger partial charge on any atom is 0.107 e. The zero-order chi connectivity index (χ0) is 10.8. The molecule has 0 heterocycles. The molecule has 0 saturated carbocycles. The molecule has 0 aliphatic rings. The molecule has 0 aromatic carbocycles. The summed E-state index contributed by atoms with van der Waals surface area (Å²) in [6.07, 6.45) is 0. The van der Waals surface area contributed by atoms with Crippen molar-refractivity contribution in [3.8, 4) is 11.8 Å². The van der Waals surface area contributed by atoms with Crippen LogP contribution in [0.25, 0.3) is 0 Å². The van der Waals surface area contributed by atoms with Crippen LogP contribution in [0.3, 0.4) is 0 Å². The molecule has 0 atom stereocenters. The first-order valence-electron chi connectivity index (χ1n) is 5.39. The molecule has 0 aromatic heterocycles. The molecule has 82 valence electrons. The highest BCUT2D eigenvalue weighted by Gasteiger charge is 1.91. The van der Waals surface area contributed by atoms with Crippen LogP contribution >= 0.6 is 0 Å². The average Bonchev–Trinajstić information content (AvgIpc) is 2.08. The Morgan fingerprint density at radius 3 is 2.50 bits per heavy atom. The van der Waals surface area contributed by atoms with Gasteiger partial charge >= 0.3 is 0 Å². The van der Waals surface area contributed by atoms with E-state index in [1.807, 2.05) is 0 Å². The summed E-state index contributed by atoms with van der Waals surface area (Å²) in [5.41, 5.74) is 0. The summed E-state index contributed by atoms with van der Waals surface area (Å²) >= 11 is 0. The zero-order valence-electron chi connectivity index (χ0n) is 9.89.